The molecule has 0 radical (unpaired) electrons. The van der Waals surface area contributed by atoms with E-state index in [1.54, 1.807) is 30.3 Å². The van der Waals surface area contributed by atoms with E-state index >= 15 is 0 Å². The van der Waals surface area contributed by atoms with Gasteiger partial charge in [-0.05, 0) is 48.9 Å². The standard InChI is InChI=1S/C20H22ClNO5/c1-2-24-15-4-6-16(7-5-15)27-13-19(23)22-12-14-10-17(21)20-18(11-14)25-8-3-9-26-20/h4-7,10-11H,2-3,8-9,12-13H2,1H3,(H,22,23). The Morgan fingerprint density at radius 1 is 1.11 bits per heavy atom. The van der Waals surface area contributed by atoms with Gasteiger partial charge in [0.25, 0.3) is 5.91 Å². The van der Waals surface area contributed by atoms with Crippen LogP contribution in [0.3, 0.4) is 0 Å². The fraction of sp³-hybridized carbons (Fsp3) is 0.350. The summed E-state index contributed by atoms with van der Waals surface area (Å²) in [5, 5.41) is 3.28. The Morgan fingerprint density at radius 3 is 2.56 bits per heavy atom. The second-order valence-corrected chi connectivity index (χ2v) is 6.33. The van der Waals surface area contributed by atoms with Gasteiger partial charge >= 0.3 is 0 Å². The van der Waals surface area contributed by atoms with Crippen LogP contribution in [0.15, 0.2) is 36.4 Å². The number of carbonyl (C=O) groups excluding carboxylic acids is 1. The first-order chi connectivity index (χ1) is 13.2. The highest BCUT2D eigenvalue weighted by Crippen LogP contribution is 2.37. The molecule has 0 bridgehead atoms. The Hall–Kier alpha value is -2.60. The van der Waals surface area contributed by atoms with Crippen molar-refractivity contribution in [1.82, 2.24) is 5.32 Å². The molecule has 2 aromatic carbocycles. The van der Waals surface area contributed by atoms with Crippen LogP contribution in [-0.4, -0.2) is 32.3 Å². The fourth-order valence-corrected chi connectivity index (χ4v) is 2.87. The molecular weight excluding hydrogens is 370 g/mol. The molecule has 1 heterocycles. The molecule has 1 amide bonds. The van der Waals surface area contributed by atoms with E-state index in [1.165, 1.54) is 0 Å². The van der Waals surface area contributed by atoms with Crippen LogP contribution in [0, 0.1) is 0 Å². The van der Waals surface area contributed by atoms with Crippen LogP contribution in [0.1, 0.15) is 18.9 Å². The lowest BCUT2D eigenvalue weighted by Gasteiger charge is -2.12. The minimum Gasteiger partial charge on any atom is -0.494 e. The number of hydrogen-bond donors (Lipinski definition) is 1. The lowest BCUT2D eigenvalue weighted by molar-refractivity contribution is -0.123. The summed E-state index contributed by atoms with van der Waals surface area (Å²) in [7, 11) is 0. The van der Waals surface area contributed by atoms with Crippen LogP contribution in [-0.2, 0) is 11.3 Å². The van der Waals surface area contributed by atoms with E-state index in [1.807, 2.05) is 13.0 Å². The molecule has 0 unspecified atom stereocenters. The van der Waals surface area contributed by atoms with Gasteiger partial charge in [-0.2, -0.15) is 0 Å². The van der Waals surface area contributed by atoms with Gasteiger partial charge in [-0.1, -0.05) is 11.6 Å². The summed E-state index contributed by atoms with van der Waals surface area (Å²) in [6, 6.07) is 10.7. The highest BCUT2D eigenvalue weighted by atomic mass is 35.5. The van der Waals surface area contributed by atoms with E-state index in [2.05, 4.69) is 5.32 Å². The quantitative estimate of drug-likeness (QED) is 0.781. The second kappa shape index (κ2) is 9.37. The average molecular weight is 392 g/mol. The molecule has 27 heavy (non-hydrogen) atoms. The molecule has 0 aromatic heterocycles. The lowest BCUT2D eigenvalue weighted by Crippen LogP contribution is -2.28. The van der Waals surface area contributed by atoms with Gasteiger partial charge in [0.2, 0.25) is 0 Å². The maximum absolute atomic E-state index is 12.0. The Kier molecular flexibility index (Phi) is 6.65. The summed E-state index contributed by atoms with van der Waals surface area (Å²) >= 11 is 6.26. The number of carbonyl (C=O) groups is 1. The third-order valence-electron chi connectivity index (χ3n) is 3.86. The molecule has 1 aliphatic rings. The van der Waals surface area contributed by atoms with Crippen LogP contribution in [0.2, 0.25) is 5.02 Å². The molecular formula is C20H22ClNO5. The van der Waals surface area contributed by atoms with Crippen molar-refractivity contribution in [2.24, 2.45) is 0 Å². The number of nitrogens with one attached hydrogen (secondary N) is 1. The lowest BCUT2D eigenvalue weighted by atomic mass is 10.2. The zero-order chi connectivity index (χ0) is 19.1. The highest BCUT2D eigenvalue weighted by Gasteiger charge is 2.16. The molecule has 1 aliphatic heterocycles. The Labute approximate surface area is 163 Å². The predicted octanol–water partition coefficient (Wildman–Crippen LogP) is 3.60. The molecule has 0 atom stereocenters. The summed E-state index contributed by atoms with van der Waals surface area (Å²) in [6.07, 6.45) is 0.806. The molecule has 7 heteroatoms. The number of hydrogen-bond acceptors (Lipinski definition) is 5. The summed E-state index contributed by atoms with van der Waals surface area (Å²) in [5.41, 5.74) is 0.832. The fourth-order valence-electron chi connectivity index (χ4n) is 2.59. The third kappa shape index (κ3) is 5.44. The molecule has 0 saturated heterocycles. The summed E-state index contributed by atoms with van der Waals surface area (Å²) < 4.78 is 22.1. The van der Waals surface area contributed by atoms with Crippen LogP contribution >= 0.6 is 11.6 Å². The van der Waals surface area contributed by atoms with Crippen molar-refractivity contribution in [3.8, 4) is 23.0 Å². The minimum absolute atomic E-state index is 0.0771. The van der Waals surface area contributed by atoms with E-state index < -0.39 is 0 Å². The number of halogens is 1. The van der Waals surface area contributed by atoms with Crippen LogP contribution in [0.5, 0.6) is 23.0 Å². The molecule has 6 nitrogen and oxygen atoms in total. The Bertz CT molecular complexity index is 779. The maximum atomic E-state index is 12.0. The first kappa shape index (κ1) is 19.2. The first-order valence-corrected chi connectivity index (χ1v) is 9.24. The van der Waals surface area contributed by atoms with Crippen molar-refractivity contribution in [3.63, 3.8) is 0 Å². The molecule has 0 aliphatic carbocycles. The maximum Gasteiger partial charge on any atom is 0.258 e. The van der Waals surface area contributed by atoms with Gasteiger partial charge in [-0.15, -0.1) is 0 Å². The van der Waals surface area contributed by atoms with E-state index in [0.29, 0.717) is 48.6 Å². The van der Waals surface area contributed by atoms with Gasteiger partial charge < -0.3 is 24.3 Å². The van der Waals surface area contributed by atoms with E-state index in [0.717, 1.165) is 17.7 Å². The summed E-state index contributed by atoms with van der Waals surface area (Å²) in [4.78, 5) is 12.0. The topological polar surface area (TPSA) is 66.0 Å². The third-order valence-corrected chi connectivity index (χ3v) is 4.14. The van der Waals surface area contributed by atoms with Crippen molar-refractivity contribution in [1.29, 1.82) is 0 Å². The first-order valence-electron chi connectivity index (χ1n) is 8.86. The summed E-state index contributed by atoms with van der Waals surface area (Å²) in [6.45, 7) is 3.92. The van der Waals surface area contributed by atoms with Crippen molar-refractivity contribution < 1.29 is 23.7 Å². The molecule has 0 saturated carbocycles. The Morgan fingerprint density at radius 2 is 1.81 bits per heavy atom. The SMILES string of the molecule is CCOc1ccc(OCC(=O)NCc2cc(Cl)c3c(c2)OCCCO3)cc1. The highest BCUT2D eigenvalue weighted by molar-refractivity contribution is 6.32. The molecule has 1 N–H and O–H groups in total. The van der Waals surface area contributed by atoms with E-state index in [9.17, 15) is 4.79 Å². The van der Waals surface area contributed by atoms with Crippen LogP contribution in [0.25, 0.3) is 0 Å². The molecule has 3 rings (SSSR count). The minimum atomic E-state index is -0.230. The van der Waals surface area contributed by atoms with Crippen LogP contribution in [0.4, 0.5) is 0 Å². The molecule has 0 spiro atoms. The van der Waals surface area contributed by atoms with Crippen molar-refractivity contribution in [2.75, 3.05) is 26.4 Å². The predicted molar refractivity (Wildman–Crippen MR) is 102 cm³/mol. The largest absolute Gasteiger partial charge is 0.494 e. The van der Waals surface area contributed by atoms with E-state index in [-0.39, 0.29) is 12.5 Å². The van der Waals surface area contributed by atoms with Crippen molar-refractivity contribution >= 4 is 17.5 Å². The van der Waals surface area contributed by atoms with Gasteiger partial charge in [-0.25, -0.2) is 0 Å². The number of amides is 1. The van der Waals surface area contributed by atoms with Gasteiger partial charge in [0.15, 0.2) is 18.1 Å². The second-order valence-electron chi connectivity index (χ2n) is 5.93. The zero-order valence-electron chi connectivity index (χ0n) is 15.1. The van der Waals surface area contributed by atoms with Crippen LogP contribution < -0.4 is 24.3 Å². The number of fused-ring (bicyclic) bond motifs is 1. The van der Waals surface area contributed by atoms with Gasteiger partial charge in [0.1, 0.15) is 11.5 Å². The molecule has 0 fully saturated rings. The molecule has 144 valence electrons. The summed E-state index contributed by atoms with van der Waals surface area (Å²) in [5.74, 6) is 2.30. The van der Waals surface area contributed by atoms with Gasteiger partial charge in [0, 0.05) is 13.0 Å². The monoisotopic (exact) mass is 391 g/mol. The normalized spacial score (nSPS) is 12.8. The van der Waals surface area contributed by atoms with E-state index in [4.69, 9.17) is 30.5 Å². The molecule has 2 aromatic rings. The number of benzene rings is 2. The average Bonchev–Trinajstić information content (AvgIpc) is 2.92. The van der Waals surface area contributed by atoms with Crippen molar-refractivity contribution in [3.05, 3.63) is 47.0 Å². The van der Waals surface area contributed by atoms with Gasteiger partial charge in [0.05, 0.1) is 24.8 Å². The zero-order valence-corrected chi connectivity index (χ0v) is 15.9. The Balaban J connectivity index is 1.50. The number of rotatable bonds is 7. The number of ether oxygens (including phenoxy) is 4. The van der Waals surface area contributed by atoms with Gasteiger partial charge in [-0.3, -0.25) is 4.79 Å². The smallest absolute Gasteiger partial charge is 0.258 e. The van der Waals surface area contributed by atoms with Crippen molar-refractivity contribution in [2.45, 2.75) is 19.9 Å².